The molecule has 4 heterocycles. The molecule has 0 unspecified atom stereocenters. The molecule has 0 atom stereocenters. The van der Waals surface area contributed by atoms with E-state index in [-0.39, 0.29) is 24.4 Å². The number of rotatable bonds is 4. The Bertz CT molecular complexity index is 1080. The highest BCUT2D eigenvalue weighted by Crippen LogP contribution is 2.44. The number of nitrogens with zero attached hydrogens (tertiary/aromatic N) is 4. The summed E-state index contributed by atoms with van der Waals surface area (Å²) < 4.78 is 81.1. The molecule has 2 spiro atoms. The molecule has 0 N–H and O–H groups in total. The summed E-state index contributed by atoms with van der Waals surface area (Å²) in [6.07, 6.45) is -13.8. The Morgan fingerprint density at radius 2 is 1.56 bits per heavy atom. The van der Waals surface area contributed by atoms with Crippen LogP contribution >= 0.6 is 0 Å². The minimum atomic E-state index is -5.74. The summed E-state index contributed by atoms with van der Waals surface area (Å²) in [5, 5.41) is 0. The SMILES string of the molecule is CC(=O)N1CC2(CCN(c3ccccc3CN3CCCCC34CN(C(=O)OC(C(F)(F)F)C(F)(F)F)C4)C2)C1. The van der Waals surface area contributed by atoms with Crippen LogP contribution < -0.4 is 4.90 Å². The first-order valence-electron chi connectivity index (χ1n) is 13.1. The molecule has 4 aliphatic rings. The van der Waals surface area contributed by atoms with Crippen LogP contribution in [0.4, 0.5) is 36.8 Å². The van der Waals surface area contributed by atoms with Gasteiger partial charge in [0.05, 0.1) is 5.54 Å². The summed E-state index contributed by atoms with van der Waals surface area (Å²) in [4.78, 5) is 31.3. The van der Waals surface area contributed by atoms with Crippen molar-refractivity contribution < 1.29 is 40.7 Å². The number of benzene rings is 1. The number of piperidine rings is 1. The van der Waals surface area contributed by atoms with Gasteiger partial charge in [-0.15, -0.1) is 0 Å². The van der Waals surface area contributed by atoms with Crippen molar-refractivity contribution in [1.29, 1.82) is 0 Å². The first-order chi connectivity index (χ1) is 18.2. The highest BCUT2D eigenvalue weighted by Gasteiger charge is 2.61. The Morgan fingerprint density at radius 3 is 2.21 bits per heavy atom. The Labute approximate surface area is 222 Å². The van der Waals surface area contributed by atoms with Crippen LogP contribution in [-0.4, -0.2) is 96.5 Å². The van der Waals surface area contributed by atoms with E-state index in [0.29, 0.717) is 19.5 Å². The zero-order valence-corrected chi connectivity index (χ0v) is 21.7. The quantitative estimate of drug-likeness (QED) is 0.509. The molecule has 7 nitrogen and oxygen atoms in total. The van der Waals surface area contributed by atoms with Crippen molar-refractivity contribution in [3.63, 3.8) is 0 Å². The summed E-state index contributed by atoms with van der Waals surface area (Å²) in [6, 6.07) is 8.01. The maximum atomic E-state index is 12.9. The molecule has 1 aromatic rings. The number of halogens is 6. The molecule has 0 saturated carbocycles. The van der Waals surface area contributed by atoms with Gasteiger partial charge in [0.25, 0.3) is 6.10 Å². The molecule has 0 radical (unpaired) electrons. The van der Waals surface area contributed by atoms with E-state index in [1.165, 1.54) is 0 Å². The molecule has 5 rings (SSSR count). The largest absolute Gasteiger partial charge is 0.434 e. The molecule has 2 amide bonds. The molecule has 0 aromatic heterocycles. The standard InChI is InChI=1S/C26H32F6N4O3/c1-18(37)34-14-23(15-34)9-11-33(13-23)20-7-3-2-6-19(20)12-36-10-5-4-8-24(36)16-35(17-24)22(38)39-21(25(27,28)29)26(30,31)32/h2-3,6-7,21H,4-5,8-17H2,1H3. The number of anilines is 1. The van der Waals surface area contributed by atoms with Gasteiger partial charge in [0.2, 0.25) is 5.91 Å². The third kappa shape index (κ3) is 5.38. The molecule has 0 aliphatic carbocycles. The van der Waals surface area contributed by atoms with E-state index in [2.05, 4.69) is 20.6 Å². The number of para-hydroxylation sites is 1. The van der Waals surface area contributed by atoms with Crippen LogP contribution in [0, 0.1) is 5.41 Å². The van der Waals surface area contributed by atoms with Gasteiger partial charge in [-0.25, -0.2) is 4.79 Å². The van der Waals surface area contributed by atoms with Crippen molar-refractivity contribution in [3.8, 4) is 0 Å². The number of hydrogen-bond acceptors (Lipinski definition) is 5. The van der Waals surface area contributed by atoms with Crippen molar-refractivity contribution in [2.75, 3.05) is 50.7 Å². The molecule has 39 heavy (non-hydrogen) atoms. The van der Waals surface area contributed by atoms with Crippen molar-refractivity contribution >= 4 is 17.7 Å². The van der Waals surface area contributed by atoms with E-state index >= 15 is 0 Å². The Hall–Kier alpha value is -2.70. The van der Waals surface area contributed by atoms with Crippen LogP contribution in [0.25, 0.3) is 0 Å². The molecule has 4 saturated heterocycles. The van der Waals surface area contributed by atoms with Crippen molar-refractivity contribution in [2.24, 2.45) is 5.41 Å². The number of carbonyl (C=O) groups excluding carboxylic acids is 2. The van der Waals surface area contributed by atoms with Crippen LogP contribution in [-0.2, 0) is 16.1 Å². The van der Waals surface area contributed by atoms with Gasteiger partial charge in [0.1, 0.15) is 0 Å². The fraction of sp³-hybridized carbons (Fsp3) is 0.692. The molecular weight excluding hydrogens is 530 g/mol. The monoisotopic (exact) mass is 562 g/mol. The number of hydrogen-bond donors (Lipinski definition) is 0. The van der Waals surface area contributed by atoms with Gasteiger partial charge in [0.15, 0.2) is 0 Å². The van der Waals surface area contributed by atoms with Gasteiger partial charge in [-0.3, -0.25) is 9.69 Å². The van der Waals surface area contributed by atoms with Crippen LogP contribution in [0.2, 0.25) is 0 Å². The first-order valence-corrected chi connectivity index (χ1v) is 13.1. The summed E-state index contributed by atoms with van der Waals surface area (Å²) in [7, 11) is 0. The molecule has 216 valence electrons. The molecule has 13 heteroatoms. The summed E-state index contributed by atoms with van der Waals surface area (Å²) >= 11 is 0. The van der Waals surface area contributed by atoms with Gasteiger partial charge in [0, 0.05) is 63.8 Å². The third-order valence-corrected chi connectivity index (χ3v) is 8.66. The van der Waals surface area contributed by atoms with E-state index < -0.39 is 30.1 Å². The minimum Gasteiger partial charge on any atom is -0.426 e. The van der Waals surface area contributed by atoms with E-state index in [4.69, 9.17) is 0 Å². The number of likely N-dealkylation sites (tertiary alicyclic amines) is 3. The lowest BCUT2D eigenvalue weighted by atomic mass is 9.79. The van der Waals surface area contributed by atoms with Crippen molar-refractivity contribution in [1.82, 2.24) is 14.7 Å². The van der Waals surface area contributed by atoms with Crippen LogP contribution in [0.15, 0.2) is 24.3 Å². The van der Waals surface area contributed by atoms with Crippen LogP contribution in [0.1, 0.15) is 38.2 Å². The first kappa shape index (κ1) is 27.9. The topological polar surface area (TPSA) is 56.3 Å². The third-order valence-electron chi connectivity index (χ3n) is 8.66. The zero-order chi connectivity index (χ0) is 28.2. The van der Waals surface area contributed by atoms with Crippen LogP contribution in [0.5, 0.6) is 0 Å². The van der Waals surface area contributed by atoms with E-state index in [9.17, 15) is 35.9 Å². The second kappa shape index (κ2) is 9.74. The Kier molecular flexibility index (Phi) is 6.96. The maximum Gasteiger partial charge on any atom is 0.434 e. The Balaban J connectivity index is 1.24. The van der Waals surface area contributed by atoms with Gasteiger partial charge >= 0.3 is 18.4 Å². The van der Waals surface area contributed by atoms with Gasteiger partial charge in [-0.1, -0.05) is 24.6 Å². The molecule has 0 bridgehead atoms. The highest BCUT2D eigenvalue weighted by atomic mass is 19.4. The zero-order valence-electron chi connectivity index (χ0n) is 21.7. The van der Waals surface area contributed by atoms with Crippen molar-refractivity contribution in [2.45, 2.75) is 63.1 Å². The smallest absolute Gasteiger partial charge is 0.426 e. The predicted molar refractivity (Wildman–Crippen MR) is 129 cm³/mol. The van der Waals surface area contributed by atoms with E-state index in [1.54, 1.807) is 6.92 Å². The lowest BCUT2D eigenvalue weighted by Gasteiger charge is -2.57. The minimum absolute atomic E-state index is 0.0180. The predicted octanol–water partition coefficient (Wildman–Crippen LogP) is 4.42. The molecule has 1 aromatic carbocycles. The lowest BCUT2D eigenvalue weighted by Crippen LogP contribution is -2.72. The van der Waals surface area contributed by atoms with Gasteiger partial charge < -0.3 is 19.4 Å². The summed E-state index contributed by atoms with van der Waals surface area (Å²) in [6.45, 7) is 6.10. The normalized spacial score (nSPS) is 22.8. The maximum absolute atomic E-state index is 12.9. The average Bonchev–Trinajstić information content (AvgIpc) is 3.25. The van der Waals surface area contributed by atoms with Gasteiger partial charge in [-0.2, -0.15) is 26.3 Å². The van der Waals surface area contributed by atoms with Crippen molar-refractivity contribution in [3.05, 3.63) is 29.8 Å². The van der Waals surface area contributed by atoms with E-state index in [1.807, 2.05) is 23.1 Å². The Morgan fingerprint density at radius 1 is 0.897 bits per heavy atom. The summed E-state index contributed by atoms with van der Waals surface area (Å²) in [5.74, 6) is 0.0839. The lowest BCUT2D eigenvalue weighted by molar-refractivity contribution is -0.309. The number of carbonyl (C=O) groups is 2. The van der Waals surface area contributed by atoms with E-state index in [0.717, 1.165) is 61.6 Å². The molecule has 4 aliphatic heterocycles. The highest BCUT2D eigenvalue weighted by molar-refractivity contribution is 5.74. The fourth-order valence-corrected chi connectivity index (χ4v) is 6.59. The number of alkyl halides is 6. The number of amides is 2. The second-order valence-electron chi connectivity index (χ2n) is 11.5. The summed E-state index contributed by atoms with van der Waals surface area (Å²) in [5.41, 5.74) is 1.75. The molecular formula is C26H32F6N4O3. The average molecular weight is 563 g/mol. The second-order valence-corrected chi connectivity index (χ2v) is 11.5. The molecule has 4 fully saturated rings. The van der Waals surface area contributed by atoms with Gasteiger partial charge in [-0.05, 0) is 37.4 Å². The number of ether oxygens (including phenoxy) is 1. The van der Waals surface area contributed by atoms with Crippen LogP contribution in [0.3, 0.4) is 0 Å². The fourth-order valence-electron chi connectivity index (χ4n) is 6.59.